The van der Waals surface area contributed by atoms with Crippen LogP contribution in [0.2, 0.25) is 0 Å². The molecule has 1 fully saturated rings. The third-order valence-electron chi connectivity index (χ3n) is 2.92. The van der Waals surface area contributed by atoms with Crippen molar-refractivity contribution in [1.29, 1.82) is 0 Å². The van der Waals surface area contributed by atoms with Crippen molar-refractivity contribution < 1.29 is 9.90 Å². The summed E-state index contributed by atoms with van der Waals surface area (Å²) < 4.78 is 0. The molecule has 1 N–H and O–H groups in total. The molecule has 0 saturated carbocycles. The molecule has 0 aromatic carbocycles. The molecule has 2 unspecified atom stereocenters. The fourth-order valence-corrected chi connectivity index (χ4v) is 4.84. The van der Waals surface area contributed by atoms with Crippen molar-refractivity contribution in [2.75, 3.05) is 29.6 Å². The number of thioether (sulfide) groups is 1. The van der Waals surface area contributed by atoms with E-state index in [0.717, 1.165) is 22.5 Å². The number of aromatic nitrogens is 2. The number of anilines is 1. The molecule has 1 aliphatic heterocycles. The number of amides is 2. The molecule has 2 heterocycles. The van der Waals surface area contributed by atoms with Gasteiger partial charge in [0.2, 0.25) is 5.13 Å². The molecular weight excluding hydrogens is 364 g/mol. The van der Waals surface area contributed by atoms with Crippen LogP contribution in [0, 0.1) is 0 Å². The fraction of sp³-hybridized carbons (Fsp3) is 0.727. The zero-order valence-corrected chi connectivity index (χ0v) is 14.5. The summed E-state index contributed by atoms with van der Waals surface area (Å²) in [5.74, 6) is 1.00. The molecule has 1 aliphatic rings. The van der Waals surface area contributed by atoms with Crippen LogP contribution in [0.3, 0.4) is 0 Å². The highest BCUT2D eigenvalue weighted by Crippen LogP contribution is 2.37. The second-order valence-corrected chi connectivity index (χ2v) is 7.62. The monoisotopic (exact) mass is 380 g/mol. The number of hydrogen-bond donors (Lipinski definition) is 1. The lowest BCUT2D eigenvalue weighted by atomic mass is 10.3. The van der Waals surface area contributed by atoms with Crippen molar-refractivity contribution in [3.8, 4) is 0 Å². The van der Waals surface area contributed by atoms with Gasteiger partial charge in [-0.2, -0.15) is 11.8 Å². The van der Waals surface area contributed by atoms with Crippen LogP contribution < -0.4 is 4.90 Å². The van der Waals surface area contributed by atoms with E-state index in [1.54, 1.807) is 7.05 Å². The minimum atomic E-state index is -0.846. The summed E-state index contributed by atoms with van der Waals surface area (Å²) in [6, 6.07) is -0.236. The van der Waals surface area contributed by atoms with Gasteiger partial charge in [0, 0.05) is 12.4 Å². The van der Waals surface area contributed by atoms with Crippen molar-refractivity contribution in [1.82, 2.24) is 15.1 Å². The number of urea groups is 1. The average Bonchev–Trinajstić information content (AvgIpc) is 2.96. The maximum Gasteiger partial charge on any atom is 0.328 e. The van der Waals surface area contributed by atoms with Crippen molar-refractivity contribution >= 4 is 50.2 Å². The highest BCUT2D eigenvalue weighted by Gasteiger charge is 2.37. The predicted molar refractivity (Wildman–Crippen MR) is 85.7 cm³/mol. The molecule has 0 bridgehead atoms. The topological polar surface area (TPSA) is 69.6 Å². The summed E-state index contributed by atoms with van der Waals surface area (Å²) in [6.07, 6.45) is 0.116. The molecular formula is C11H17BrN4O2S2. The number of likely N-dealkylation sites (N-methyl/N-ethyl adjacent to an activating group) is 1. The van der Waals surface area contributed by atoms with Crippen LogP contribution in [-0.4, -0.2) is 57.1 Å². The van der Waals surface area contributed by atoms with E-state index in [1.807, 2.05) is 11.8 Å². The van der Waals surface area contributed by atoms with Crippen molar-refractivity contribution in [2.45, 2.75) is 24.8 Å². The minimum Gasteiger partial charge on any atom is -0.371 e. The normalized spacial score (nSPS) is 20.8. The van der Waals surface area contributed by atoms with E-state index in [2.05, 4.69) is 33.1 Å². The van der Waals surface area contributed by atoms with E-state index < -0.39 is 6.23 Å². The number of alkyl halides is 1. The zero-order chi connectivity index (χ0) is 14.7. The lowest BCUT2D eigenvalue weighted by molar-refractivity contribution is 0.183. The molecule has 0 radical (unpaired) electrons. The quantitative estimate of drug-likeness (QED) is 0.766. The van der Waals surface area contributed by atoms with Gasteiger partial charge >= 0.3 is 6.03 Å². The summed E-state index contributed by atoms with van der Waals surface area (Å²) >= 11 is 6.65. The van der Waals surface area contributed by atoms with E-state index >= 15 is 0 Å². The van der Waals surface area contributed by atoms with Crippen LogP contribution in [0.25, 0.3) is 0 Å². The van der Waals surface area contributed by atoms with Gasteiger partial charge in [-0.25, -0.2) is 9.69 Å². The third kappa shape index (κ3) is 3.26. The molecule has 0 spiro atoms. The lowest BCUT2D eigenvalue weighted by Crippen LogP contribution is -2.34. The fourth-order valence-electron chi connectivity index (χ4n) is 1.96. The molecule has 1 saturated heterocycles. The van der Waals surface area contributed by atoms with Crippen molar-refractivity contribution in [3.63, 3.8) is 0 Å². The maximum atomic E-state index is 12.0. The first-order valence-corrected chi connectivity index (χ1v) is 9.30. The molecule has 6 nitrogen and oxygen atoms in total. The van der Waals surface area contributed by atoms with E-state index in [0.29, 0.717) is 11.7 Å². The number of aliphatic hydroxyl groups is 1. The van der Waals surface area contributed by atoms with Crippen LogP contribution in [0.15, 0.2) is 0 Å². The van der Waals surface area contributed by atoms with Crippen LogP contribution in [0.4, 0.5) is 9.93 Å². The SMILES string of the molecule is CCSC(CCBr)c1nnc(N2C(=O)N(C)CC2O)s1. The van der Waals surface area contributed by atoms with E-state index in [4.69, 9.17) is 0 Å². The van der Waals surface area contributed by atoms with Gasteiger partial charge in [0.1, 0.15) is 5.01 Å². The number of carbonyl (C=O) groups excluding carboxylic acids is 1. The first kappa shape index (κ1) is 16.0. The molecule has 2 amide bonds. The smallest absolute Gasteiger partial charge is 0.328 e. The summed E-state index contributed by atoms with van der Waals surface area (Å²) in [4.78, 5) is 14.7. The molecule has 2 rings (SSSR count). The molecule has 20 heavy (non-hydrogen) atoms. The molecule has 112 valence electrons. The van der Waals surface area contributed by atoms with Crippen LogP contribution in [0.1, 0.15) is 23.6 Å². The van der Waals surface area contributed by atoms with Crippen LogP contribution in [-0.2, 0) is 0 Å². The Bertz CT molecular complexity index is 467. The van der Waals surface area contributed by atoms with Gasteiger partial charge in [0.15, 0.2) is 6.23 Å². The Hall–Kier alpha value is -0.380. The Morgan fingerprint density at radius 3 is 2.90 bits per heavy atom. The number of aliphatic hydroxyl groups excluding tert-OH is 1. The van der Waals surface area contributed by atoms with E-state index in [9.17, 15) is 9.90 Å². The van der Waals surface area contributed by atoms with Crippen molar-refractivity contribution in [3.05, 3.63) is 5.01 Å². The van der Waals surface area contributed by atoms with Gasteiger partial charge in [-0.05, 0) is 12.2 Å². The third-order valence-corrected chi connectivity index (χ3v) is 5.76. The van der Waals surface area contributed by atoms with E-state index in [1.165, 1.54) is 21.1 Å². The zero-order valence-electron chi connectivity index (χ0n) is 11.3. The Morgan fingerprint density at radius 2 is 2.35 bits per heavy atom. The van der Waals surface area contributed by atoms with Gasteiger partial charge in [-0.15, -0.1) is 10.2 Å². The van der Waals surface area contributed by atoms with Crippen molar-refractivity contribution in [2.24, 2.45) is 0 Å². The highest BCUT2D eigenvalue weighted by molar-refractivity contribution is 9.09. The Balaban J connectivity index is 2.17. The number of β-amino-alcohol motifs (C(OH)–C–C–N with tert-alkyl or cyclic N) is 1. The Kier molecular flexibility index (Phi) is 5.65. The van der Waals surface area contributed by atoms with E-state index in [-0.39, 0.29) is 11.3 Å². The second kappa shape index (κ2) is 7.06. The van der Waals surface area contributed by atoms with Gasteiger partial charge < -0.3 is 10.0 Å². The Labute approximate surface area is 134 Å². The number of hydrogen-bond acceptors (Lipinski definition) is 6. The largest absolute Gasteiger partial charge is 0.371 e. The van der Waals surface area contributed by atoms with Gasteiger partial charge in [0.05, 0.1) is 11.8 Å². The first-order valence-electron chi connectivity index (χ1n) is 6.31. The minimum absolute atomic E-state index is 0.236. The number of rotatable bonds is 6. The summed E-state index contributed by atoms with van der Waals surface area (Å²) in [6.45, 7) is 2.40. The molecule has 1 aromatic heterocycles. The van der Waals surface area contributed by atoms with Crippen LogP contribution >= 0.6 is 39.0 Å². The lowest BCUT2D eigenvalue weighted by Gasteiger charge is -2.14. The number of halogens is 1. The van der Waals surface area contributed by atoms with Gasteiger partial charge in [0.25, 0.3) is 0 Å². The predicted octanol–water partition coefficient (Wildman–Crippen LogP) is 2.31. The Morgan fingerprint density at radius 1 is 1.60 bits per heavy atom. The highest BCUT2D eigenvalue weighted by atomic mass is 79.9. The molecule has 9 heteroatoms. The average molecular weight is 381 g/mol. The molecule has 2 atom stereocenters. The number of carbonyl (C=O) groups is 1. The molecule has 0 aliphatic carbocycles. The standard InChI is InChI=1S/C11H17BrN4O2S2/c1-3-19-7(4-5-12)9-13-14-10(20-9)16-8(17)6-15(2)11(16)18/h7-8,17H,3-6H2,1-2H3. The van der Waals surface area contributed by atoms with Gasteiger partial charge in [-0.1, -0.05) is 34.2 Å². The van der Waals surface area contributed by atoms with Crippen LogP contribution in [0.5, 0.6) is 0 Å². The van der Waals surface area contributed by atoms with Gasteiger partial charge in [-0.3, -0.25) is 0 Å². The second-order valence-electron chi connectivity index (χ2n) is 4.36. The number of nitrogens with zero attached hydrogens (tertiary/aromatic N) is 4. The summed E-state index contributed by atoms with van der Waals surface area (Å²) in [7, 11) is 1.66. The summed E-state index contributed by atoms with van der Waals surface area (Å²) in [5.41, 5.74) is 0. The maximum absolute atomic E-state index is 12.0. The molecule has 1 aromatic rings. The first-order chi connectivity index (χ1) is 9.58. The summed E-state index contributed by atoms with van der Waals surface area (Å²) in [5, 5.41) is 20.7.